The van der Waals surface area contributed by atoms with E-state index in [2.05, 4.69) is 20.5 Å². The summed E-state index contributed by atoms with van der Waals surface area (Å²) in [5, 5.41) is 16.9. The van der Waals surface area contributed by atoms with Gasteiger partial charge in [-0.2, -0.15) is 5.10 Å². The molecule has 0 radical (unpaired) electrons. The Morgan fingerprint density at radius 2 is 2.17 bits per heavy atom. The molecule has 0 saturated carbocycles. The average Bonchev–Trinajstić information content (AvgIpc) is 2.81. The number of amides is 1. The lowest BCUT2D eigenvalue weighted by Crippen LogP contribution is -2.16. The first kappa shape index (κ1) is 11.7. The number of hydrogen-bond donors (Lipinski definition) is 3. The van der Waals surface area contributed by atoms with Gasteiger partial charge in [0.25, 0.3) is 5.91 Å². The van der Waals surface area contributed by atoms with Gasteiger partial charge in [-0.05, 0) is 18.2 Å². The number of halogens is 1. The Labute approximate surface area is 99.7 Å². The molecule has 92 valence electrons. The smallest absolute Gasteiger partial charge is 0.337 e. The van der Waals surface area contributed by atoms with Crippen LogP contribution in [0.5, 0.6) is 0 Å². The summed E-state index contributed by atoms with van der Waals surface area (Å²) in [4.78, 5) is 26.1. The first-order chi connectivity index (χ1) is 8.58. The SMILES string of the molecule is O=C(Nc1cc(F)ccc1C(=O)O)c1ncn[nH]1. The highest BCUT2D eigenvalue weighted by Gasteiger charge is 2.15. The van der Waals surface area contributed by atoms with Gasteiger partial charge in [0, 0.05) is 0 Å². The molecular weight excluding hydrogens is 243 g/mol. The number of anilines is 1. The van der Waals surface area contributed by atoms with E-state index in [1.807, 2.05) is 0 Å². The Morgan fingerprint density at radius 3 is 2.78 bits per heavy atom. The van der Waals surface area contributed by atoms with Gasteiger partial charge in [0.05, 0.1) is 11.3 Å². The molecule has 0 saturated heterocycles. The zero-order chi connectivity index (χ0) is 13.1. The standard InChI is InChI=1S/C10H7FN4O3/c11-5-1-2-6(10(17)18)7(3-5)14-9(16)8-12-4-13-15-8/h1-4H,(H,14,16)(H,17,18)(H,12,13,15). The number of carboxylic acids is 1. The first-order valence-electron chi connectivity index (χ1n) is 4.77. The Kier molecular flexibility index (Phi) is 3.00. The molecule has 0 bridgehead atoms. The third-order valence-corrected chi connectivity index (χ3v) is 2.09. The minimum atomic E-state index is -1.28. The maximum atomic E-state index is 13.0. The number of benzene rings is 1. The second-order valence-corrected chi connectivity index (χ2v) is 3.28. The van der Waals surface area contributed by atoms with Crippen LogP contribution in [-0.2, 0) is 0 Å². The van der Waals surface area contributed by atoms with Crippen molar-refractivity contribution in [1.29, 1.82) is 0 Å². The highest BCUT2D eigenvalue weighted by molar-refractivity contribution is 6.05. The number of aromatic carboxylic acids is 1. The summed E-state index contributed by atoms with van der Waals surface area (Å²) in [5.41, 5.74) is -0.367. The van der Waals surface area contributed by atoms with Gasteiger partial charge in [-0.25, -0.2) is 14.2 Å². The molecule has 1 aromatic carbocycles. The number of carboxylic acid groups (broad SMARTS) is 1. The number of rotatable bonds is 3. The molecule has 1 amide bonds. The second kappa shape index (κ2) is 4.62. The summed E-state index contributed by atoms with van der Waals surface area (Å²) in [5.74, 6) is -2.74. The maximum Gasteiger partial charge on any atom is 0.337 e. The van der Waals surface area contributed by atoms with Crippen molar-refractivity contribution in [2.75, 3.05) is 5.32 Å². The van der Waals surface area contributed by atoms with E-state index >= 15 is 0 Å². The molecule has 0 atom stereocenters. The van der Waals surface area contributed by atoms with Crippen LogP contribution in [0, 0.1) is 5.82 Å². The van der Waals surface area contributed by atoms with Crippen molar-refractivity contribution in [2.24, 2.45) is 0 Å². The summed E-state index contributed by atoms with van der Waals surface area (Å²) in [6, 6.07) is 2.97. The summed E-state index contributed by atoms with van der Waals surface area (Å²) in [6.45, 7) is 0. The molecule has 0 fully saturated rings. The third-order valence-electron chi connectivity index (χ3n) is 2.09. The fourth-order valence-electron chi connectivity index (χ4n) is 1.30. The molecule has 0 aliphatic carbocycles. The fraction of sp³-hybridized carbons (Fsp3) is 0. The van der Waals surface area contributed by atoms with Crippen LogP contribution >= 0.6 is 0 Å². The van der Waals surface area contributed by atoms with Gasteiger partial charge >= 0.3 is 5.97 Å². The van der Waals surface area contributed by atoms with Gasteiger partial charge in [0.15, 0.2) is 0 Å². The van der Waals surface area contributed by atoms with Gasteiger partial charge in [0.1, 0.15) is 12.1 Å². The van der Waals surface area contributed by atoms with Gasteiger partial charge in [-0.15, -0.1) is 0 Å². The predicted molar refractivity (Wildman–Crippen MR) is 57.7 cm³/mol. The summed E-state index contributed by atoms with van der Waals surface area (Å²) >= 11 is 0. The maximum absolute atomic E-state index is 13.0. The zero-order valence-corrected chi connectivity index (χ0v) is 8.85. The van der Waals surface area contributed by atoms with Gasteiger partial charge in [-0.1, -0.05) is 0 Å². The van der Waals surface area contributed by atoms with E-state index in [0.717, 1.165) is 24.5 Å². The van der Waals surface area contributed by atoms with Crippen LogP contribution in [0.1, 0.15) is 21.0 Å². The van der Waals surface area contributed by atoms with Crippen LogP contribution in [0.25, 0.3) is 0 Å². The molecule has 2 aromatic rings. The topological polar surface area (TPSA) is 108 Å². The van der Waals surface area contributed by atoms with E-state index in [1.54, 1.807) is 0 Å². The van der Waals surface area contributed by atoms with Gasteiger partial charge in [0.2, 0.25) is 5.82 Å². The number of carbonyl (C=O) groups excluding carboxylic acids is 1. The Balaban J connectivity index is 2.31. The molecule has 0 aliphatic heterocycles. The lowest BCUT2D eigenvalue weighted by atomic mass is 10.1. The number of aromatic amines is 1. The molecule has 1 aromatic heterocycles. The fourth-order valence-corrected chi connectivity index (χ4v) is 1.30. The van der Waals surface area contributed by atoms with Crippen molar-refractivity contribution < 1.29 is 19.1 Å². The van der Waals surface area contributed by atoms with Crippen molar-refractivity contribution in [3.63, 3.8) is 0 Å². The van der Waals surface area contributed by atoms with E-state index in [4.69, 9.17) is 5.11 Å². The normalized spacial score (nSPS) is 10.1. The van der Waals surface area contributed by atoms with Gasteiger partial charge in [-0.3, -0.25) is 9.89 Å². The predicted octanol–water partition coefficient (Wildman–Crippen LogP) is 0.894. The van der Waals surface area contributed by atoms with E-state index in [9.17, 15) is 14.0 Å². The van der Waals surface area contributed by atoms with Crippen LogP contribution < -0.4 is 5.32 Å². The van der Waals surface area contributed by atoms with Crippen LogP contribution in [0.15, 0.2) is 24.5 Å². The van der Waals surface area contributed by atoms with E-state index in [-0.39, 0.29) is 17.1 Å². The minimum Gasteiger partial charge on any atom is -0.478 e. The van der Waals surface area contributed by atoms with Crippen LogP contribution in [0.3, 0.4) is 0 Å². The monoisotopic (exact) mass is 250 g/mol. The van der Waals surface area contributed by atoms with Crippen LogP contribution in [-0.4, -0.2) is 32.2 Å². The summed E-state index contributed by atoms with van der Waals surface area (Å²) < 4.78 is 13.0. The molecule has 0 spiro atoms. The lowest BCUT2D eigenvalue weighted by molar-refractivity contribution is 0.0698. The Hall–Kier alpha value is -2.77. The highest BCUT2D eigenvalue weighted by Crippen LogP contribution is 2.17. The number of nitrogens with zero attached hydrogens (tertiary/aromatic N) is 2. The molecule has 2 rings (SSSR count). The number of H-pyrrole nitrogens is 1. The Bertz CT molecular complexity index is 597. The minimum absolute atomic E-state index is 0.101. The quantitative estimate of drug-likeness (QED) is 0.749. The molecule has 0 aliphatic rings. The average molecular weight is 250 g/mol. The van der Waals surface area contributed by atoms with Crippen molar-refractivity contribution >= 4 is 17.6 Å². The van der Waals surface area contributed by atoms with E-state index < -0.39 is 17.7 Å². The van der Waals surface area contributed by atoms with Crippen LogP contribution in [0.4, 0.5) is 10.1 Å². The van der Waals surface area contributed by atoms with Crippen molar-refractivity contribution in [1.82, 2.24) is 15.2 Å². The van der Waals surface area contributed by atoms with E-state index in [0.29, 0.717) is 0 Å². The largest absolute Gasteiger partial charge is 0.478 e. The first-order valence-corrected chi connectivity index (χ1v) is 4.77. The third kappa shape index (κ3) is 2.32. The lowest BCUT2D eigenvalue weighted by Gasteiger charge is -2.06. The Morgan fingerprint density at radius 1 is 1.39 bits per heavy atom. The molecule has 8 heteroatoms. The molecule has 3 N–H and O–H groups in total. The number of hydrogen-bond acceptors (Lipinski definition) is 4. The number of nitrogens with one attached hydrogen (secondary N) is 2. The molecule has 0 unspecified atom stereocenters. The summed E-state index contributed by atoms with van der Waals surface area (Å²) in [6.07, 6.45) is 1.12. The molecular formula is C10H7FN4O3. The van der Waals surface area contributed by atoms with Crippen molar-refractivity contribution in [2.45, 2.75) is 0 Å². The molecule has 18 heavy (non-hydrogen) atoms. The van der Waals surface area contributed by atoms with Crippen molar-refractivity contribution in [3.05, 3.63) is 41.7 Å². The molecule has 1 heterocycles. The number of carbonyl (C=O) groups is 2. The van der Waals surface area contributed by atoms with E-state index in [1.165, 1.54) is 0 Å². The second-order valence-electron chi connectivity index (χ2n) is 3.28. The zero-order valence-electron chi connectivity index (χ0n) is 8.85. The highest BCUT2D eigenvalue weighted by atomic mass is 19.1. The summed E-state index contributed by atoms with van der Waals surface area (Å²) in [7, 11) is 0. The van der Waals surface area contributed by atoms with Crippen molar-refractivity contribution in [3.8, 4) is 0 Å². The van der Waals surface area contributed by atoms with Crippen LogP contribution in [0.2, 0.25) is 0 Å². The number of aromatic nitrogens is 3. The van der Waals surface area contributed by atoms with Gasteiger partial charge < -0.3 is 10.4 Å². The molecule has 7 nitrogen and oxygen atoms in total.